The van der Waals surface area contributed by atoms with Crippen molar-refractivity contribution in [3.05, 3.63) is 23.8 Å². The van der Waals surface area contributed by atoms with Crippen LogP contribution in [0.1, 0.15) is 28.9 Å². The van der Waals surface area contributed by atoms with Crippen LogP contribution in [0.4, 0.5) is 0 Å². The number of carboxylic acids is 1. The van der Waals surface area contributed by atoms with Crippen molar-refractivity contribution in [2.75, 3.05) is 6.54 Å². The molecule has 1 aliphatic carbocycles. The van der Waals surface area contributed by atoms with Gasteiger partial charge in [0.25, 0.3) is 0 Å². The number of nitrogens with zero attached hydrogens (tertiary/aromatic N) is 2. The van der Waals surface area contributed by atoms with Gasteiger partial charge in [-0.25, -0.2) is 14.8 Å². The van der Waals surface area contributed by atoms with Gasteiger partial charge in [0.1, 0.15) is 11.9 Å². The van der Waals surface area contributed by atoms with Crippen molar-refractivity contribution >= 4 is 5.97 Å². The van der Waals surface area contributed by atoms with E-state index in [0.717, 1.165) is 12.8 Å². The largest absolute Gasteiger partial charge is 0.478 e. The van der Waals surface area contributed by atoms with Crippen molar-refractivity contribution < 1.29 is 15.0 Å². The Kier molecular flexibility index (Phi) is 3.65. The number of carboxylic acid groups (broad SMARTS) is 1. The van der Waals surface area contributed by atoms with Crippen molar-refractivity contribution in [3.63, 3.8) is 0 Å². The van der Waals surface area contributed by atoms with E-state index < -0.39 is 5.97 Å². The average molecular weight is 237 g/mol. The van der Waals surface area contributed by atoms with Gasteiger partial charge in [-0.2, -0.15) is 0 Å². The minimum Gasteiger partial charge on any atom is -0.478 e. The highest BCUT2D eigenvalue weighted by Crippen LogP contribution is 2.32. The molecule has 17 heavy (non-hydrogen) atoms. The van der Waals surface area contributed by atoms with Crippen LogP contribution in [0.3, 0.4) is 0 Å². The fourth-order valence-corrected chi connectivity index (χ4v) is 1.66. The first-order chi connectivity index (χ1) is 8.18. The minimum atomic E-state index is -1.04. The molecule has 0 spiro atoms. The lowest BCUT2D eigenvalue weighted by Gasteiger charge is -2.10. The molecule has 1 fully saturated rings. The number of nitrogens with one attached hydrogen (secondary N) is 1. The number of aliphatic hydroxyl groups is 1. The second kappa shape index (κ2) is 5.20. The third-order valence-electron chi connectivity index (χ3n) is 2.84. The Morgan fingerprint density at radius 3 is 3.00 bits per heavy atom. The number of aromatic carboxylic acids is 1. The molecule has 0 aliphatic heterocycles. The van der Waals surface area contributed by atoms with E-state index in [9.17, 15) is 9.90 Å². The number of rotatable bonds is 6. The van der Waals surface area contributed by atoms with E-state index in [1.54, 1.807) is 0 Å². The Labute approximate surface area is 98.7 Å². The topological polar surface area (TPSA) is 95.3 Å². The van der Waals surface area contributed by atoms with E-state index in [0.29, 0.717) is 24.7 Å². The molecule has 1 aliphatic rings. The third kappa shape index (κ3) is 3.21. The minimum absolute atomic E-state index is 0.0981. The zero-order chi connectivity index (χ0) is 12.3. The summed E-state index contributed by atoms with van der Waals surface area (Å²) < 4.78 is 0. The lowest BCUT2D eigenvalue weighted by Crippen LogP contribution is -2.28. The Morgan fingerprint density at radius 1 is 1.59 bits per heavy atom. The van der Waals surface area contributed by atoms with Gasteiger partial charge in [0.05, 0.1) is 11.8 Å². The Morgan fingerprint density at radius 2 is 2.35 bits per heavy atom. The summed E-state index contributed by atoms with van der Waals surface area (Å²) >= 11 is 0. The number of aliphatic hydroxyl groups excluding tert-OH is 1. The highest BCUT2D eigenvalue weighted by Gasteiger charge is 2.29. The molecule has 0 amide bonds. The number of aromatic nitrogens is 2. The van der Waals surface area contributed by atoms with Crippen LogP contribution in [0.15, 0.2) is 12.5 Å². The van der Waals surface area contributed by atoms with Gasteiger partial charge in [0.15, 0.2) is 0 Å². The Hall–Kier alpha value is -1.53. The van der Waals surface area contributed by atoms with E-state index in [4.69, 9.17) is 5.11 Å². The SMILES string of the molecule is O=C(O)c1cncnc1CNCC(O)C1CC1. The lowest BCUT2D eigenvalue weighted by molar-refractivity contribution is 0.0694. The van der Waals surface area contributed by atoms with Gasteiger partial charge in [-0.1, -0.05) is 0 Å². The molecule has 1 aromatic rings. The summed E-state index contributed by atoms with van der Waals surface area (Å²) in [6.07, 6.45) is 4.42. The van der Waals surface area contributed by atoms with E-state index >= 15 is 0 Å². The molecule has 0 bridgehead atoms. The first-order valence-electron chi connectivity index (χ1n) is 5.59. The fraction of sp³-hybridized carbons (Fsp3) is 0.545. The molecule has 3 N–H and O–H groups in total. The summed E-state index contributed by atoms with van der Waals surface area (Å²) in [5.74, 6) is -0.628. The van der Waals surface area contributed by atoms with Gasteiger partial charge in [0, 0.05) is 19.3 Å². The molecular weight excluding hydrogens is 222 g/mol. The highest BCUT2D eigenvalue weighted by molar-refractivity contribution is 5.88. The highest BCUT2D eigenvalue weighted by atomic mass is 16.4. The maximum Gasteiger partial charge on any atom is 0.339 e. The predicted octanol–water partition coefficient (Wildman–Crippen LogP) is 0.0353. The van der Waals surface area contributed by atoms with Crippen LogP contribution in [0.2, 0.25) is 0 Å². The molecule has 1 heterocycles. The molecule has 0 saturated heterocycles. The second-order valence-corrected chi connectivity index (χ2v) is 4.22. The van der Waals surface area contributed by atoms with Crippen LogP contribution in [0, 0.1) is 5.92 Å². The van der Waals surface area contributed by atoms with Gasteiger partial charge in [0.2, 0.25) is 0 Å². The smallest absolute Gasteiger partial charge is 0.339 e. The van der Waals surface area contributed by atoms with Crippen LogP contribution >= 0.6 is 0 Å². The van der Waals surface area contributed by atoms with Gasteiger partial charge >= 0.3 is 5.97 Å². The summed E-state index contributed by atoms with van der Waals surface area (Å²) in [4.78, 5) is 18.5. The summed E-state index contributed by atoms with van der Waals surface area (Å²) in [6, 6.07) is 0. The van der Waals surface area contributed by atoms with Crippen LogP contribution in [-0.4, -0.2) is 38.8 Å². The number of carbonyl (C=O) groups is 1. The molecule has 1 saturated carbocycles. The standard InChI is InChI=1S/C11H15N3O3/c15-10(7-1-2-7)5-12-4-9-8(11(16)17)3-13-6-14-9/h3,6-7,10,12,15H,1-2,4-5H2,(H,16,17). The van der Waals surface area contributed by atoms with Gasteiger partial charge in [-0.3, -0.25) is 0 Å². The molecular formula is C11H15N3O3. The van der Waals surface area contributed by atoms with E-state index in [-0.39, 0.29) is 11.7 Å². The van der Waals surface area contributed by atoms with Crippen molar-refractivity contribution in [2.24, 2.45) is 5.92 Å². The summed E-state index contributed by atoms with van der Waals surface area (Å²) in [7, 11) is 0. The average Bonchev–Trinajstić information content (AvgIpc) is 3.13. The van der Waals surface area contributed by atoms with Crippen LogP contribution < -0.4 is 5.32 Å². The molecule has 92 valence electrons. The van der Waals surface area contributed by atoms with Crippen molar-refractivity contribution in [3.8, 4) is 0 Å². The quantitative estimate of drug-likeness (QED) is 0.646. The summed E-state index contributed by atoms with van der Waals surface area (Å²) in [5, 5.41) is 21.6. The normalized spacial score (nSPS) is 16.8. The fourth-order valence-electron chi connectivity index (χ4n) is 1.66. The van der Waals surface area contributed by atoms with Crippen molar-refractivity contribution in [2.45, 2.75) is 25.5 Å². The van der Waals surface area contributed by atoms with Gasteiger partial charge < -0.3 is 15.5 Å². The molecule has 0 aromatic carbocycles. The zero-order valence-corrected chi connectivity index (χ0v) is 9.33. The second-order valence-electron chi connectivity index (χ2n) is 4.22. The molecule has 6 nitrogen and oxygen atoms in total. The molecule has 1 aromatic heterocycles. The molecule has 6 heteroatoms. The predicted molar refractivity (Wildman–Crippen MR) is 59.4 cm³/mol. The van der Waals surface area contributed by atoms with Crippen molar-refractivity contribution in [1.82, 2.24) is 15.3 Å². The summed E-state index contributed by atoms with van der Waals surface area (Å²) in [5.41, 5.74) is 0.538. The molecule has 2 rings (SSSR count). The maximum atomic E-state index is 10.9. The van der Waals surface area contributed by atoms with E-state index in [1.807, 2.05) is 0 Å². The van der Waals surface area contributed by atoms with E-state index in [1.165, 1.54) is 12.5 Å². The van der Waals surface area contributed by atoms with Crippen LogP contribution in [0.25, 0.3) is 0 Å². The lowest BCUT2D eigenvalue weighted by atomic mass is 10.2. The molecule has 1 unspecified atom stereocenters. The zero-order valence-electron chi connectivity index (χ0n) is 9.33. The maximum absolute atomic E-state index is 10.9. The van der Waals surface area contributed by atoms with Crippen LogP contribution in [0.5, 0.6) is 0 Å². The summed E-state index contributed by atoms with van der Waals surface area (Å²) in [6.45, 7) is 0.793. The Balaban J connectivity index is 1.87. The van der Waals surface area contributed by atoms with Gasteiger partial charge in [-0.15, -0.1) is 0 Å². The van der Waals surface area contributed by atoms with Gasteiger partial charge in [-0.05, 0) is 18.8 Å². The molecule has 1 atom stereocenters. The molecule has 0 radical (unpaired) electrons. The number of hydrogen-bond donors (Lipinski definition) is 3. The number of hydrogen-bond acceptors (Lipinski definition) is 5. The van der Waals surface area contributed by atoms with Crippen molar-refractivity contribution in [1.29, 1.82) is 0 Å². The first kappa shape index (κ1) is 11.9. The van der Waals surface area contributed by atoms with Crippen LogP contribution in [-0.2, 0) is 6.54 Å². The Bertz CT molecular complexity index is 407. The third-order valence-corrected chi connectivity index (χ3v) is 2.84. The first-order valence-corrected chi connectivity index (χ1v) is 5.59. The monoisotopic (exact) mass is 237 g/mol. The van der Waals surface area contributed by atoms with E-state index in [2.05, 4.69) is 15.3 Å².